The quantitative estimate of drug-likeness (QED) is 0.702. The van der Waals surface area contributed by atoms with E-state index in [1.54, 1.807) is 7.05 Å². The first-order valence-corrected chi connectivity index (χ1v) is 6.29. The van der Waals surface area contributed by atoms with Gasteiger partial charge in [0.25, 0.3) is 0 Å². The van der Waals surface area contributed by atoms with Gasteiger partial charge in [-0.15, -0.1) is 0 Å². The summed E-state index contributed by atoms with van der Waals surface area (Å²) in [5.41, 5.74) is -0.259. The summed E-state index contributed by atoms with van der Waals surface area (Å²) in [5, 5.41) is 11.6. The molecule has 1 amide bonds. The predicted octanol–water partition coefficient (Wildman–Crippen LogP) is 1.77. The molecule has 4 nitrogen and oxygen atoms in total. The maximum absolute atomic E-state index is 11.3. The number of nitrogens with one attached hydrogen (secondary N) is 1. The highest BCUT2D eigenvalue weighted by Crippen LogP contribution is 2.20. The van der Waals surface area contributed by atoms with Crippen LogP contribution in [0.5, 0.6) is 0 Å². The Bertz CT molecular complexity index is 268. The highest BCUT2D eigenvalue weighted by Gasteiger charge is 2.17. The second kappa shape index (κ2) is 8.08. The Labute approximate surface area is 105 Å². The Morgan fingerprint density at radius 2 is 2.06 bits per heavy atom. The Morgan fingerprint density at radius 1 is 1.41 bits per heavy atom. The number of carbonyl (C=O) groups excluding carboxylic acids is 1. The van der Waals surface area contributed by atoms with Gasteiger partial charge in [-0.2, -0.15) is 5.26 Å². The minimum Gasteiger partial charge on any atom is -0.358 e. The first kappa shape index (κ1) is 15.9. The summed E-state index contributed by atoms with van der Waals surface area (Å²) >= 11 is 0. The molecular weight excluding hydrogens is 214 g/mol. The number of amides is 1. The van der Waals surface area contributed by atoms with Crippen LogP contribution in [0.1, 0.15) is 40.0 Å². The SMILES string of the molecule is CCCN(CCCC(C)(C)C#N)CC(=O)NC. The molecule has 98 valence electrons. The maximum atomic E-state index is 11.3. The van der Waals surface area contributed by atoms with Gasteiger partial charge in [-0.25, -0.2) is 0 Å². The molecule has 0 unspecified atom stereocenters. The van der Waals surface area contributed by atoms with Gasteiger partial charge < -0.3 is 5.32 Å². The van der Waals surface area contributed by atoms with Gasteiger partial charge in [0.05, 0.1) is 18.0 Å². The van der Waals surface area contributed by atoms with Gasteiger partial charge in [-0.3, -0.25) is 9.69 Å². The maximum Gasteiger partial charge on any atom is 0.233 e. The molecule has 0 aliphatic rings. The molecule has 0 aromatic carbocycles. The zero-order valence-corrected chi connectivity index (χ0v) is 11.5. The number of hydrogen-bond donors (Lipinski definition) is 1. The van der Waals surface area contributed by atoms with E-state index < -0.39 is 0 Å². The highest BCUT2D eigenvalue weighted by atomic mass is 16.1. The lowest BCUT2D eigenvalue weighted by molar-refractivity contribution is -0.121. The third-order valence-corrected chi connectivity index (χ3v) is 2.76. The van der Waals surface area contributed by atoms with E-state index in [4.69, 9.17) is 5.26 Å². The number of hydrogen-bond acceptors (Lipinski definition) is 3. The van der Waals surface area contributed by atoms with Crippen molar-refractivity contribution >= 4 is 5.91 Å². The van der Waals surface area contributed by atoms with Gasteiger partial charge >= 0.3 is 0 Å². The molecule has 0 atom stereocenters. The van der Waals surface area contributed by atoms with Crippen LogP contribution in [0.25, 0.3) is 0 Å². The van der Waals surface area contributed by atoms with Gasteiger partial charge in [0.15, 0.2) is 0 Å². The van der Waals surface area contributed by atoms with Crippen molar-refractivity contribution in [2.24, 2.45) is 5.41 Å². The molecule has 0 spiro atoms. The Morgan fingerprint density at radius 3 is 2.53 bits per heavy atom. The van der Waals surface area contributed by atoms with Crippen LogP contribution in [0, 0.1) is 16.7 Å². The van der Waals surface area contributed by atoms with E-state index in [-0.39, 0.29) is 11.3 Å². The summed E-state index contributed by atoms with van der Waals surface area (Å²) < 4.78 is 0. The largest absolute Gasteiger partial charge is 0.358 e. The fraction of sp³-hybridized carbons (Fsp3) is 0.846. The molecule has 0 aliphatic carbocycles. The van der Waals surface area contributed by atoms with Crippen molar-refractivity contribution in [2.75, 3.05) is 26.7 Å². The molecule has 0 radical (unpaired) electrons. The van der Waals surface area contributed by atoms with E-state index in [1.165, 1.54) is 0 Å². The second-order valence-corrected chi connectivity index (χ2v) is 5.05. The second-order valence-electron chi connectivity index (χ2n) is 5.05. The molecular formula is C13H25N3O. The summed E-state index contributed by atoms with van der Waals surface area (Å²) in [6.07, 6.45) is 2.87. The van der Waals surface area contributed by atoms with Crippen LogP contribution >= 0.6 is 0 Å². The van der Waals surface area contributed by atoms with Gasteiger partial charge in [-0.05, 0) is 46.2 Å². The van der Waals surface area contributed by atoms with E-state index in [0.717, 1.165) is 32.4 Å². The summed E-state index contributed by atoms with van der Waals surface area (Å²) in [4.78, 5) is 13.5. The highest BCUT2D eigenvalue weighted by molar-refractivity contribution is 5.77. The average Bonchev–Trinajstić information content (AvgIpc) is 2.29. The third-order valence-electron chi connectivity index (χ3n) is 2.76. The molecule has 0 fully saturated rings. The first-order chi connectivity index (χ1) is 7.95. The average molecular weight is 239 g/mol. The normalized spacial score (nSPS) is 11.3. The molecule has 0 saturated heterocycles. The number of rotatable bonds is 8. The molecule has 0 aliphatic heterocycles. The van der Waals surface area contributed by atoms with Crippen LogP contribution < -0.4 is 5.32 Å². The number of carbonyl (C=O) groups is 1. The van der Waals surface area contributed by atoms with Crippen molar-refractivity contribution in [3.63, 3.8) is 0 Å². The van der Waals surface area contributed by atoms with Crippen LogP contribution in [-0.4, -0.2) is 37.5 Å². The lowest BCUT2D eigenvalue weighted by Crippen LogP contribution is -2.36. The lowest BCUT2D eigenvalue weighted by atomic mass is 9.90. The Balaban J connectivity index is 4.01. The van der Waals surface area contributed by atoms with Crippen LogP contribution in [0.3, 0.4) is 0 Å². The predicted molar refractivity (Wildman–Crippen MR) is 69.4 cm³/mol. The van der Waals surface area contributed by atoms with Crippen LogP contribution in [-0.2, 0) is 4.79 Å². The molecule has 4 heteroatoms. The molecule has 0 saturated carbocycles. The molecule has 0 heterocycles. The lowest BCUT2D eigenvalue weighted by Gasteiger charge is -2.22. The first-order valence-electron chi connectivity index (χ1n) is 6.29. The van der Waals surface area contributed by atoms with Crippen molar-refractivity contribution in [1.82, 2.24) is 10.2 Å². The third kappa shape index (κ3) is 7.76. The number of likely N-dealkylation sites (N-methyl/N-ethyl adjacent to an activating group) is 1. The Hall–Kier alpha value is -1.08. The van der Waals surface area contributed by atoms with Crippen LogP contribution in [0.2, 0.25) is 0 Å². The van der Waals surface area contributed by atoms with Crippen molar-refractivity contribution in [3.05, 3.63) is 0 Å². The number of nitriles is 1. The van der Waals surface area contributed by atoms with Gasteiger partial charge in [0, 0.05) is 7.05 Å². The zero-order chi connectivity index (χ0) is 13.3. The van der Waals surface area contributed by atoms with Crippen LogP contribution in [0.15, 0.2) is 0 Å². The monoisotopic (exact) mass is 239 g/mol. The fourth-order valence-corrected chi connectivity index (χ4v) is 1.67. The van der Waals surface area contributed by atoms with Crippen molar-refractivity contribution in [3.8, 4) is 6.07 Å². The fourth-order valence-electron chi connectivity index (χ4n) is 1.67. The van der Waals surface area contributed by atoms with E-state index in [1.807, 2.05) is 13.8 Å². The molecule has 0 aromatic heterocycles. The van der Waals surface area contributed by atoms with Crippen molar-refractivity contribution in [2.45, 2.75) is 40.0 Å². The molecule has 1 N–H and O–H groups in total. The molecule has 0 rings (SSSR count). The molecule has 0 aromatic rings. The van der Waals surface area contributed by atoms with Gasteiger partial charge in [0.1, 0.15) is 0 Å². The topological polar surface area (TPSA) is 56.1 Å². The van der Waals surface area contributed by atoms with Gasteiger partial charge in [0.2, 0.25) is 5.91 Å². The summed E-state index contributed by atoms with van der Waals surface area (Å²) in [6, 6.07) is 2.30. The van der Waals surface area contributed by atoms with Crippen molar-refractivity contribution in [1.29, 1.82) is 5.26 Å². The molecule has 17 heavy (non-hydrogen) atoms. The Kier molecular flexibility index (Phi) is 7.56. The zero-order valence-electron chi connectivity index (χ0n) is 11.5. The van der Waals surface area contributed by atoms with Crippen LogP contribution in [0.4, 0.5) is 0 Å². The smallest absolute Gasteiger partial charge is 0.233 e. The molecule has 0 bridgehead atoms. The van der Waals surface area contributed by atoms with E-state index in [9.17, 15) is 4.79 Å². The summed E-state index contributed by atoms with van der Waals surface area (Å²) in [5.74, 6) is 0.0537. The standard InChI is InChI=1S/C13H25N3O/c1-5-8-16(10-12(17)15-4)9-6-7-13(2,3)11-14/h5-10H2,1-4H3,(H,15,17). The van der Waals surface area contributed by atoms with Gasteiger partial charge in [-0.1, -0.05) is 6.92 Å². The minimum atomic E-state index is -0.259. The summed E-state index contributed by atoms with van der Waals surface area (Å²) in [7, 11) is 1.66. The number of nitrogens with zero attached hydrogens (tertiary/aromatic N) is 2. The van der Waals surface area contributed by atoms with Crippen molar-refractivity contribution < 1.29 is 4.79 Å². The van der Waals surface area contributed by atoms with E-state index in [0.29, 0.717) is 6.54 Å². The van der Waals surface area contributed by atoms with E-state index in [2.05, 4.69) is 23.2 Å². The van der Waals surface area contributed by atoms with E-state index >= 15 is 0 Å². The minimum absolute atomic E-state index is 0.0537. The summed E-state index contributed by atoms with van der Waals surface area (Å²) in [6.45, 7) is 8.28.